The molecule has 0 aliphatic rings. The lowest BCUT2D eigenvalue weighted by atomic mass is 9.88. The van der Waals surface area contributed by atoms with Crippen LogP contribution in [0, 0.1) is 20.8 Å². The van der Waals surface area contributed by atoms with Crippen molar-refractivity contribution in [1.82, 2.24) is 0 Å². The minimum atomic E-state index is -1.26. The second kappa shape index (κ2) is 4.38. The van der Waals surface area contributed by atoms with Crippen molar-refractivity contribution in [3.05, 3.63) is 34.4 Å². The lowest BCUT2D eigenvalue weighted by molar-refractivity contribution is 0.0390. The summed E-state index contributed by atoms with van der Waals surface area (Å²) in [5.74, 6) is -0.185. The van der Waals surface area contributed by atoms with Crippen LogP contribution < -0.4 is 0 Å². The number of benzene rings is 1. The molecule has 2 nitrogen and oxygen atoms in total. The van der Waals surface area contributed by atoms with Crippen LogP contribution in [0.15, 0.2) is 12.1 Å². The number of aliphatic hydroxyl groups is 1. The summed E-state index contributed by atoms with van der Waals surface area (Å²) in [5.41, 5.74) is 2.56. The molecule has 88 valence electrons. The zero-order valence-electron chi connectivity index (χ0n) is 10.7. The van der Waals surface area contributed by atoms with E-state index in [4.69, 9.17) is 0 Å². The molecule has 0 spiro atoms. The van der Waals surface area contributed by atoms with Gasteiger partial charge in [0.15, 0.2) is 5.78 Å². The maximum absolute atomic E-state index is 12.1. The van der Waals surface area contributed by atoms with Crippen molar-refractivity contribution < 1.29 is 9.90 Å². The topological polar surface area (TPSA) is 37.3 Å². The molecular weight excluding hydrogens is 200 g/mol. The van der Waals surface area contributed by atoms with E-state index in [9.17, 15) is 9.90 Å². The van der Waals surface area contributed by atoms with Crippen LogP contribution in [-0.2, 0) is 0 Å². The average molecular weight is 220 g/mol. The maximum Gasteiger partial charge on any atom is 0.194 e. The third-order valence-corrected chi connectivity index (χ3v) is 3.26. The van der Waals surface area contributed by atoms with Crippen molar-refractivity contribution in [1.29, 1.82) is 0 Å². The molecule has 0 saturated carbocycles. The van der Waals surface area contributed by atoms with Gasteiger partial charge in [0.05, 0.1) is 0 Å². The summed E-state index contributed by atoms with van der Waals surface area (Å²) in [5, 5.41) is 9.98. The molecule has 0 aliphatic carbocycles. The van der Waals surface area contributed by atoms with Crippen LogP contribution in [0.25, 0.3) is 0 Å². The number of ketones is 1. The van der Waals surface area contributed by atoms with Gasteiger partial charge in [0.1, 0.15) is 5.60 Å². The van der Waals surface area contributed by atoms with Crippen molar-refractivity contribution in [2.45, 2.75) is 46.6 Å². The van der Waals surface area contributed by atoms with Crippen LogP contribution >= 0.6 is 0 Å². The number of rotatable bonds is 3. The number of hydrogen-bond acceptors (Lipinski definition) is 2. The fourth-order valence-electron chi connectivity index (χ4n) is 1.66. The van der Waals surface area contributed by atoms with Crippen LogP contribution in [-0.4, -0.2) is 16.5 Å². The van der Waals surface area contributed by atoms with Gasteiger partial charge >= 0.3 is 0 Å². The predicted molar refractivity (Wildman–Crippen MR) is 65.9 cm³/mol. The Morgan fingerprint density at radius 1 is 1.19 bits per heavy atom. The Kier molecular flexibility index (Phi) is 3.54. The summed E-state index contributed by atoms with van der Waals surface area (Å²) in [6, 6.07) is 3.87. The lowest BCUT2D eigenvalue weighted by Gasteiger charge is -2.21. The summed E-state index contributed by atoms with van der Waals surface area (Å²) in [6.45, 7) is 9.30. The standard InChI is InChI=1S/C14H20O2/c1-6-14(5,16)13(15)12-8-10(3)9(2)7-11(12)4/h7-8,16H,6H2,1-5H3. The Morgan fingerprint density at radius 3 is 2.19 bits per heavy atom. The van der Waals surface area contributed by atoms with Gasteiger partial charge in [-0.1, -0.05) is 13.0 Å². The van der Waals surface area contributed by atoms with Crippen LogP contribution in [0.1, 0.15) is 47.3 Å². The number of Topliss-reactive ketones (excluding diaryl/α,β-unsaturated/α-hetero) is 1. The van der Waals surface area contributed by atoms with Crippen molar-refractivity contribution in [3.8, 4) is 0 Å². The van der Waals surface area contributed by atoms with Gasteiger partial charge < -0.3 is 5.11 Å². The van der Waals surface area contributed by atoms with Crippen molar-refractivity contribution in [2.24, 2.45) is 0 Å². The fourth-order valence-corrected chi connectivity index (χ4v) is 1.66. The molecule has 1 aromatic rings. The monoisotopic (exact) mass is 220 g/mol. The molecule has 16 heavy (non-hydrogen) atoms. The van der Waals surface area contributed by atoms with Gasteiger partial charge in [-0.05, 0) is 56.9 Å². The highest BCUT2D eigenvalue weighted by Crippen LogP contribution is 2.22. The first kappa shape index (κ1) is 12.9. The third kappa shape index (κ3) is 2.33. The Hall–Kier alpha value is -1.15. The molecule has 0 bridgehead atoms. The smallest absolute Gasteiger partial charge is 0.194 e. The molecule has 1 unspecified atom stereocenters. The Bertz CT molecular complexity index is 417. The van der Waals surface area contributed by atoms with E-state index in [0.29, 0.717) is 12.0 Å². The second-order valence-electron chi connectivity index (χ2n) is 4.71. The van der Waals surface area contributed by atoms with Gasteiger partial charge in [-0.3, -0.25) is 4.79 Å². The summed E-state index contributed by atoms with van der Waals surface area (Å²) in [4.78, 5) is 12.1. The van der Waals surface area contributed by atoms with Gasteiger partial charge in [0.25, 0.3) is 0 Å². The van der Waals surface area contributed by atoms with E-state index in [0.717, 1.165) is 11.1 Å². The van der Waals surface area contributed by atoms with Crippen LogP contribution in [0.3, 0.4) is 0 Å². The molecule has 0 heterocycles. The highest BCUT2D eigenvalue weighted by Gasteiger charge is 2.30. The lowest BCUT2D eigenvalue weighted by Crippen LogP contribution is -2.34. The average Bonchev–Trinajstić information content (AvgIpc) is 2.22. The molecule has 0 fully saturated rings. The SMILES string of the molecule is CCC(C)(O)C(=O)c1cc(C)c(C)cc1C. The number of aryl methyl sites for hydroxylation is 3. The maximum atomic E-state index is 12.1. The Labute approximate surface area is 97.3 Å². The van der Waals surface area contributed by atoms with E-state index in [-0.39, 0.29) is 5.78 Å². The molecule has 1 rings (SSSR count). The Morgan fingerprint density at radius 2 is 1.69 bits per heavy atom. The van der Waals surface area contributed by atoms with E-state index in [1.807, 2.05) is 39.8 Å². The largest absolute Gasteiger partial charge is 0.382 e. The molecule has 2 heteroatoms. The number of carbonyl (C=O) groups excluding carboxylic acids is 1. The van der Waals surface area contributed by atoms with Crippen LogP contribution in [0.4, 0.5) is 0 Å². The normalized spacial score (nSPS) is 14.6. The zero-order valence-corrected chi connectivity index (χ0v) is 10.7. The minimum Gasteiger partial charge on any atom is -0.382 e. The van der Waals surface area contributed by atoms with Crippen LogP contribution in [0.5, 0.6) is 0 Å². The minimum absolute atomic E-state index is 0.185. The quantitative estimate of drug-likeness (QED) is 0.795. The van der Waals surface area contributed by atoms with E-state index >= 15 is 0 Å². The molecule has 0 radical (unpaired) electrons. The number of hydrogen-bond donors (Lipinski definition) is 1. The van der Waals surface area contributed by atoms with E-state index in [2.05, 4.69) is 0 Å². The summed E-state index contributed by atoms with van der Waals surface area (Å²) in [7, 11) is 0. The van der Waals surface area contributed by atoms with Gasteiger partial charge in [0, 0.05) is 5.56 Å². The predicted octanol–water partition coefficient (Wildman–Crippen LogP) is 2.96. The second-order valence-corrected chi connectivity index (χ2v) is 4.71. The first-order valence-corrected chi connectivity index (χ1v) is 5.64. The van der Waals surface area contributed by atoms with E-state index in [1.165, 1.54) is 5.56 Å². The van der Waals surface area contributed by atoms with Gasteiger partial charge in [-0.2, -0.15) is 0 Å². The summed E-state index contributed by atoms with van der Waals surface area (Å²) < 4.78 is 0. The molecule has 0 aliphatic heterocycles. The fraction of sp³-hybridized carbons (Fsp3) is 0.500. The van der Waals surface area contributed by atoms with Crippen molar-refractivity contribution in [2.75, 3.05) is 0 Å². The van der Waals surface area contributed by atoms with Gasteiger partial charge in [-0.25, -0.2) is 0 Å². The molecule has 1 N–H and O–H groups in total. The molecule has 0 aromatic heterocycles. The van der Waals surface area contributed by atoms with Crippen molar-refractivity contribution >= 4 is 5.78 Å². The molecular formula is C14H20O2. The van der Waals surface area contributed by atoms with E-state index in [1.54, 1.807) is 6.92 Å². The van der Waals surface area contributed by atoms with Crippen LogP contribution in [0.2, 0.25) is 0 Å². The highest BCUT2D eigenvalue weighted by atomic mass is 16.3. The first-order valence-electron chi connectivity index (χ1n) is 5.64. The third-order valence-electron chi connectivity index (χ3n) is 3.26. The first-order chi connectivity index (χ1) is 7.29. The Balaban J connectivity index is 3.25. The zero-order chi connectivity index (χ0) is 12.5. The molecule has 1 atom stereocenters. The summed E-state index contributed by atoms with van der Waals surface area (Å²) in [6.07, 6.45) is 0.429. The van der Waals surface area contributed by atoms with Gasteiger partial charge in [0.2, 0.25) is 0 Å². The van der Waals surface area contributed by atoms with Gasteiger partial charge in [-0.15, -0.1) is 0 Å². The summed E-state index contributed by atoms with van der Waals surface area (Å²) >= 11 is 0. The van der Waals surface area contributed by atoms with E-state index < -0.39 is 5.60 Å². The molecule has 0 amide bonds. The molecule has 0 saturated heterocycles. The molecule has 1 aromatic carbocycles. The number of carbonyl (C=O) groups is 1. The van der Waals surface area contributed by atoms with Crippen molar-refractivity contribution in [3.63, 3.8) is 0 Å². The highest BCUT2D eigenvalue weighted by molar-refractivity contribution is 6.03.